The van der Waals surface area contributed by atoms with E-state index in [0.717, 1.165) is 27.6 Å². The van der Waals surface area contributed by atoms with Crippen molar-refractivity contribution in [2.75, 3.05) is 13.3 Å². The molecule has 148 valence electrons. The Morgan fingerprint density at radius 2 is 1.97 bits per heavy atom. The van der Waals surface area contributed by atoms with E-state index < -0.39 is 0 Å². The summed E-state index contributed by atoms with van der Waals surface area (Å²) in [6.45, 7) is 4.62. The van der Waals surface area contributed by atoms with Gasteiger partial charge in [0.05, 0.1) is 5.52 Å². The number of fused-ring (bicyclic) bond motifs is 2. The van der Waals surface area contributed by atoms with Crippen molar-refractivity contribution in [3.8, 4) is 11.5 Å². The molecule has 0 bridgehead atoms. The minimum Gasteiger partial charge on any atom is -0.454 e. The standard InChI is InChI=1S/C23H22N2O4/c1-14-3-6-17-12-18(23(27)25-22(17)15(14)2)9-10-24-21(26)8-5-16-4-7-19-20(11-16)29-13-28-19/h3-8,11-12H,9-10,13H2,1-2H3,(H,24,26)(H,25,27)/b8-5+. The van der Waals surface area contributed by atoms with Crippen LogP contribution in [0.5, 0.6) is 11.5 Å². The van der Waals surface area contributed by atoms with Crippen LogP contribution in [0.3, 0.4) is 0 Å². The average molecular weight is 390 g/mol. The molecule has 6 heteroatoms. The Labute approximate surface area is 168 Å². The van der Waals surface area contributed by atoms with Crippen LogP contribution in [0.4, 0.5) is 0 Å². The Hall–Kier alpha value is -3.54. The fraction of sp³-hybridized carbons (Fsp3) is 0.217. The van der Waals surface area contributed by atoms with E-state index in [9.17, 15) is 9.59 Å². The molecule has 2 heterocycles. The van der Waals surface area contributed by atoms with E-state index in [4.69, 9.17) is 9.47 Å². The van der Waals surface area contributed by atoms with Crippen LogP contribution in [0, 0.1) is 13.8 Å². The van der Waals surface area contributed by atoms with Crippen molar-refractivity contribution in [3.05, 3.63) is 75.1 Å². The zero-order valence-corrected chi connectivity index (χ0v) is 16.4. The second-order valence-corrected chi connectivity index (χ2v) is 7.08. The number of aromatic nitrogens is 1. The number of nitrogens with one attached hydrogen (secondary N) is 2. The molecule has 0 saturated carbocycles. The number of aryl methyl sites for hydroxylation is 2. The fourth-order valence-electron chi connectivity index (χ4n) is 3.32. The summed E-state index contributed by atoms with van der Waals surface area (Å²) in [5, 5.41) is 3.81. The van der Waals surface area contributed by atoms with Gasteiger partial charge in [-0.15, -0.1) is 0 Å². The summed E-state index contributed by atoms with van der Waals surface area (Å²) in [7, 11) is 0. The molecule has 0 fully saturated rings. The van der Waals surface area contributed by atoms with Gasteiger partial charge in [0.1, 0.15) is 0 Å². The highest BCUT2D eigenvalue weighted by Crippen LogP contribution is 2.32. The second-order valence-electron chi connectivity index (χ2n) is 7.08. The summed E-state index contributed by atoms with van der Waals surface area (Å²) in [6, 6.07) is 11.4. The number of pyridine rings is 1. The van der Waals surface area contributed by atoms with E-state index in [0.29, 0.717) is 30.0 Å². The van der Waals surface area contributed by atoms with Gasteiger partial charge in [-0.05, 0) is 66.6 Å². The topological polar surface area (TPSA) is 80.4 Å². The summed E-state index contributed by atoms with van der Waals surface area (Å²) in [5.74, 6) is 1.16. The van der Waals surface area contributed by atoms with E-state index in [1.165, 1.54) is 6.08 Å². The highest BCUT2D eigenvalue weighted by molar-refractivity contribution is 5.91. The van der Waals surface area contributed by atoms with Gasteiger partial charge >= 0.3 is 0 Å². The molecule has 1 aliphatic heterocycles. The number of benzene rings is 2. The number of ether oxygens (including phenoxy) is 2. The highest BCUT2D eigenvalue weighted by atomic mass is 16.7. The summed E-state index contributed by atoms with van der Waals surface area (Å²) in [4.78, 5) is 27.4. The third-order valence-corrected chi connectivity index (χ3v) is 5.15. The van der Waals surface area contributed by atoms with Gasteiger partial charge in [0.25, 0.3) is 5.56 Å². The maximum atomic E-state index is 12.4. The van der Waals surface area contributed by atoms with Crippen LogP contribution in [0.15, 0.2) is 47.3 Å². The third-order valence-electron chi connectivity index (χ3n) is 5.15. The molecule has 0 spiro atoms. The molecule has 1 amide bonds. The van der Waals surface area contributed by atoms with Crippen LogP contribution >= 0.6 is 0 Å². The van der Waals surface area contributed by atoms with Crippen LogP contribution in [0.2, 0.25) is 0 Å². The number of amides is 1. The van der Waals surface area contributed by atoms with Crippen molar-refractivity contribution in [2.45, 2.75) is 20.3 Å². The second kappa shape index (κ2) is 7.83. The summed E-state index contributed by atoms with van der Waals surface area (Å²) < 4.78 is 10.6. The van der Waals surface area contributed by atoms with E-state index in [1.807, 2.05) is 50.2 Å². The molecule has 3 aromatic rings. The van der Waals surface area contributed by atoms with E-state index in [2.05, 4.69) is 10.3 Å². The number of rotatable bonds is 5. The van der Waals surface area contributed by atoms with E-state index in [1.54, 1.807) is 6.08 Å². The predicted molar refractivity (Wildman–Crippen MR) is 112 cm³/mol. The zero-order chi connectivity index (χ0) is 20.4. The van der Waals surface area contributed by atoms with Crippen molar-refractivity contribution in [3.63, 3.8) is 0 Å². The SMILES string of the molecule is Cc1ccc2cc(CCNC(=O)/C=C/c3ccc4c(c3)OCO4)c(=O)[nH]c2c1C. The lowest BCUT2D eigenvalue weighted by atomic mass is 10.0. The molecule has 0 unspecified atom stereocenters. The molecule has 1 aliphatic rings. The quantitative estimate of drug-likeness (QED) is 0.656. The zero-order valence-electron chi connectivity index (χ0n) is 16.4. The van der Waals surface area contributed by atoms with Crippen LogP contribution < -0.4 is 20.3 Å². The Morgan fingerprint density at radius 3 is 2.83 bits per heavy atom. The maximum absolute atomic E-state index is 12.4. The van der Waals surface area contributed by atoms with Crippen molar-refractivity contribution < 1.29 is 14.3 Å². The molecule has 29 heavy (non-hydrogen) atoms. The largest absolute Gasteiger partial charge is 0.454 e. The van der Waals surface area contributed by atoms with Gasteiger partial charge in [0, 0.05) is 18.2 Å². The molecular formula is C23H22N2O4. The lowest BCUT2D eigenvalue weighted by Gasteiger charge is -2.08. The van der Waals surface area contributed by atoms with Gasteiger partial charge in [0.2, 0.25) is 12.7 Å². The smallest absolute Gasteiger partial charge is 0.251 e. The van der Waals surface area contributed by atoms with Crippen LogP contribution in [0.1, 0.15) is 22.3 Å². The van der Waals surface area contributed by atoms with Crippen molar-refractivity contribution in [2.24, 2.45) is 0 Å². The first kappa shape index (κ1) is 18.8. The van der Waals surface area contributed by atoms with Gasteiger partial charge in [-0.2, -0.15) is 0 Å². The molecule has 2 aromatic carbocycles. The number of aromatic amines is 1. The molecule has 1 aromatic heterocycles. The monoisotopic (exact) mass is 390 g/mol. The van der Waals surface area contributed by atoms with E-state index >= 15 is 0 Å². The maximum Gasteiger partial charge on any atom is 0.251 e. The number of hydrogen-bond donors (Lipinski definition) is 2. The van der Waals surface area contributed by atoms with Gasteiger partial charge in [-0.3, -0.25) is 9.59 Å². The molecular weight excluding hydrogens is 368 g/mol. The van der Waals surface area contributed by atoms with E-state index in [-0.39, 0.29) is 18.3 Å². The number of carbonyl (C=O) groups excluding carboxylic acids is 1. The van der Waals surface area contributed by atoms with Crippen molar-refractivity contribution in [1.82, 2.24) is 10.3 Å². The highest BCUT2D eigenvalue weighted by Gasteiger charge is 2.12. The van der Waals surface area contributed by atoms with Gasteiger partial charge in [-0.1, -0.05) is 18.2 Å². The van der Waals surface area contributed by atoms with Gasteiger partial charge in [-0.25, -0.2) is 0 Å². The number of H-pyrrole nitrogens is 1. The fourth-order valence-corrected chi connectivity index (χ4v) is 3.32. The average Bonchev–Trinajstić information content (AvgIpc) is 3.18. The summed E-state index contributed by atoms with van der Waals surface area (Å²) in [6.07, 6.45) is 3.64. The normalized spacial score (nSPS) is 12.6. The molecule has 0 saturated heterocycles. The lowest BCUT2D eigenvalue weighted by Crippen LogP contribution is -2.25. The van der Waals surface area contributed by atoms with Crippen LogP contribution in [-0.4, -0.2) is 24.2 Å². The molecule has 0 atom stereocenters. The molecule has 4 rings (SSSR count). The Balaban J connectivity index is 1.37. The van der Waals surface area contributed by atoms with Gasteiger partial charge in [0.15, 0.2) is 11.5 Å². The molecule has 0 aliphatic carbocycles. The van der Waals surface area contributed by atoms with Crippen molar-refractivity contribution in [1.29, 1.82) is 0 Å². The van der Waals surface area contributed by atoms with Crippen LogP contribution in [0.25, 0.3) is 17.0 Å². The molecule has 6 nitrogen and oxygen atoms in total. The van der Waals surface area contributed by atoms with Crippen molar-refractivity contribution >= 4 is 22.9 Å². The number of carbonyl (C=O) groups is 1. The first-order chi connectivity index (χ1) is 14.0. The molecule has 2 N–H and O–H groups in total. The lowest BCUT2D eigenvalue weighted by molar-refractivity contribution is -0.116. The van der Waals surface area contributed by atoms with Crippen LogP contribution in [-0.2, 0) is 11.2 Å². The molecule has 0 radical (unpaired) electrons. The number of hydrogen-bond acceptors (Lipinski definition) is 4. The predicted octanol–water partition coefficient (Wildman–Crippen LogP) is 3.25. The first-order valence-electron chi connectivity index (χ1n) is 9.49. The summed E-state index contributed by atoms with van der Waals surface area (Å²) in [5.41, 5.74) is 4.48. The first-order valence-corrected chi connectivity index (χ1v) is 9.49. The minimum atomic E-state index is -0.216. The Kier molecular flexibility index (Phi) is 5.08. The minimum absolute atomic E-state index is 0.114. The Morgan fingerprint density at radius 1 is 1.14 bits per heavy atom. The Bertz CT molecular complexity index is 1180. The van der Waals surface area contributed by atoms with Gasteiger partial charge < -0.3 is 19.8 Å². The third kappa shape index (κ3) is 4.01. The summed E-state index contributed by atoms with van der Waals surface area (Å²) >= 11 is 0.